The number of piperidine rings is 1. The first-order chi connectivity index (χ1) is 14.7. The lowest BCUT2D eigenvalue weighted by Gasteiger charge is -2.49. The normalized spacial score (nSPS) is 24.2. The number of carbonyl (C=O) groups excluding carboxylic acids is 1. The second-order valence-electron chi connectivity index (χ2n) is 8.45. The monoisotopic (exact) mass is 469 g/mol. The minimum Gasteiger partial charge on any atom is -0.445 e. The molecule has 0 N–H and O–H groups in total. The Labute approximate surface area is 190 Å². The Kier molecular flexibility index (Phi) is 8.02. The number of nitrogens with zero attached hydrogens (tertiary/aromatic N) is 3. The van der Waals surface area contributed by atoms with E-state index in [0.29, 0.717) is 37.2 Å². The maximum atomic E-state index is 12.4. The third-order valence-corrected chi connectivity index (χ3v) is 7.77. The highest BCUT2D eigenvalue weighted by molar-refractivity contribution is 7.88. The smallest absolute Gasteiger partial charge is 0.410 e. The van der Waals surface area contributed by atoms with E-state index in [-0.39, 0.29) is 24.8 Å². The third kappa shape index (κ3) is 6.22. The van der Waals surface area contributed by atoms with Gasteiger partial charge in [0.15, 0.2) is 0 Å². The average molecular weight is 470 g/mol. The van der Waals surface area contributed by atoms with Gasteiger partial charge in [-0.15, -0.1) is 0 Å². The summed E-state index contributed by atoms with van der Waals surface area (Å²) in [6.45, 7) is 8.16. The number of piperazine rings is 1. The Morgan fingerprint density at radius 1 is 1.23 bits per heavy atom. The van der Waals surface area contributed by atoms with Gasteiger partial charge in [-0.2, -0.15) is 4.31 Å². The van der Waals surface area contributed by atoms with Crippen molar-refractivity contribution in [2.75, 3.05) is 39.0 Å². The average Bonchev–Trinajstić information content (AvgIpc) is 2.74. The zero-order valence-corrected chi connectivity index (χ0v) is 19.8. The van der Waals surface area contributed by atoms with E-state index in [1.165, 1.54) is 6.26 Å². The quantitative estimate of drug-likeness (QED) is 0.599. The molecule has 2 aliphatic rings. The van der Waals surface area contributed by atoms with Crippen LogP contribution in [0.15, 0.2) is 36.9 Å². The highest BCUT2D eigenvalue weighted by atomic mass is 35.5. The van der Waals surface area contributed by atoms with Gasteiger partial charge in [0.1, 0.15) is 6.61 Å². The lowest BCUT2D eigenvalue weighted by Crippen LogP contribution is -2.63. The van der Waals surface area contributed by atoms with Crippen molar-refractivity contribution in [1.82, 2.24) is 14.1 Å². The van der Waals surface area contributed by atoms with Gasteiger partial charge in [-0.25, -0.2) is 13.2 Å². The van der Waals surface area contributed by atoms with Crippen LogP contribution in [0.1, 0.15) is 25.3 Å². The molecule has 2 atom stereocenters. The largest absolute Gasteiger partial charge is 0.445 e. The van der Waals surface area contributed by atoms with Crippen LogP contribution in [-0.4, -0.2) is 85.8 Å². The Hall–Kier alpha value is -1.61. The van der Waals surface area contributed by atoms with E-state index in [1.54, 1.807) is 15.3 Å². The summed E-state index contributed by atoms with van der Waals surface area (Å²) >= 11 is 6.03. The summed E-state index contributed by atoms with van der Waals surface area (Å²) in [6.07, 6.45) is 4.97. The topological polar surface area (TPSA) is 70.2 Å². The Bertz CT molecular complexity index is 869. The van der Waals surface area contributed by atoms with Crippen molar-refractivity contribution in [3.63, 3.8) is 0 Å². The zero-order valence-electron chi connectivity index (χ0n) is 18.2. The highest BCUT2D eigenvalue weighted by Crippen LogP contribution is 2.28. The Morgan fingerprint density at radius 3 is 2.45 bits per heavy atom. The van der Waals surface area contributed by atoms with Crippen LogP contribution in [0.25, 0.3) is 0 Å². The van der Waals surface area contributed by atoms with E-state index in [4.69, 9.17) is 16.3 Å². The fourth-order valence-electron chi connectivity index (χ4n) is 4.62. The second-order valence-corrected chi connectivity index (χ2v) is 10.8. The summed E-state index contributed by atoms with van der Waals surface area (Å²) in [5.41, 5.74) is 1.13. The molecule has 2 fully saturated rings. The molecule has 0 aliphatic carbocycles. The van der Waals surface area contributed by atoms with E-state index < -0.39 is 10.0 Å². The van der Waals surface area contributed by atoms with Crippen molar-refractivity contribution >= 4 is 27.7 Å². The van der Waals surface area contributed by atoms with Crippen molar-refractivity contribution in [3.05, 3.63) is 47.5 Å². The number of rotatable bonds is 6. The van der Waals surface area contributed by atoms with Gasteiger partial charge in [0, 0.05) is 49.3 Å². The van der Waals surface area contributed by atoms with Gasteiger partial charge in [0.2, 0.25) is 10.0 Å². The van der Waals surface area contributed by atoms with Crippen LogP contribution >= 0.6 is 11.6 Å². The Balaban J connectivity index is 1.72. The molecule has 0 bridgehead atoms. The second kappa shape index (κ2) is 10.3. The summed E-state index contributed by atoms with van der Waals surface area (Å²) < 4.78 is 31.5. The number of carbonyl (C=O) groups is 1. The van der Waals surface area contributed by atoms with Crippen LogP contribution in [-0.2, 0) is 21.2 Å². The molecule has 7 nitrogen and oxygen atoms in total. The zero-order chi connectivity index (χ0) is 22.6. The van der Waals surface area contributed by atoms with Crippen LogP contribution in [0.3, 0.4) is 0 Å². The van der Waals surface area contributed by atoms with Crippen LogP contribution in [0, 0.1) is 0 Å². The van der Waals surface area contributed by atoms with Gasteiger partial charge in [0.05, 0.1) is 6.26 Å². The maximum absolute atomic E-state index is 12.4. The summed E-state index contributed by atoms with van der Waals surface area (Å²) in [5, 5.41) is 0.686. The number of hydrogen-bond acceptors (Lipinski definition) is 5. The SMILES string of the molecule is C=CCOC(=O)N1CCC(N2C[C@H](C)N(S(C)(=O)=O)C[C@@H]2Cc2ccc(Cl)cc2)CC1. The first-order valence-electron chi connectivity index (χ1n) is 10.7. The van der Waals surface area contributed by atoms with Crippen LogP contribution in [0.2, 0.25) is 5.02 Å². The standard InChI is InChI=1S/C22H32ClN3O4S/c1-4-13-30-22(27)24-11-9-20(10-12-24)25-15-17(2)26(31(3,28)29)16-21(25)14-18-5-7-19(23)8-6-18/h4-8,17,20-21H,1,9-16H2,2-3H3/t17-,21-/m0/s1. The molecule has 0 unspecified atom stereocenters. The van der Waals surface area contributed by atoms with E-state index in [9.17, 15) is 13.2 Å². The lowest BCUT2D eigenvalue weighted by atomic mass is 9.95. The molecule has 9 heteroatoms. The summed E-state index contributed by atoms with van der Waals surface area (Å²) in [4.78, 5) is 16.3. The van der Waals surface area contributed by atoms with Crippen molar-refractivity contribution < 1.29 is 17.9 Å². The number of sulfonamides is 1. The third-order valence-electron chi connectivity index (χ3n) is 6.15. The molecule has 2 aliphatic heterocycles. The van der Waals surface area contributed by atoms with Gasteiger partial charge < -0.3 is 9.64 Å². The predicted octanol–water partition coefficient (Wildman–Crippen LogP) is 3.00. The molecular formula is C22H32ClN3O4S. The van der Waals surface area contributed by atoms with Crippen LogP contribution < -0.4 is 0 Å². The molecule has 172 valence electrons. The molecule has 2 heterocycles. The predicted molar refractivity (Wildman–Crippen MR) is 123 cm³/mol. The molecule has 0 saturated carbocycles. The molecule has 0 aromatic heterocycles. The molecule has 2 saturated heterocycles. The number of hydrogen-bond donors (Lipinski definition) is 0. The molecule has 31 heavy (non-hydrogen) atoms. The molecule has 1 aromatic rings. The minimum absolute atomic E-state index is 0.0661. The molecule has 0 spiro atoms. The maximum Gasteiger partial charge on any atom is 0.410 e. The summed E-state index contributed by atoms with van der Waals surface area (Å²) in [7, 11) is -3.28. The fourth-order valence-corrected chi connectivity index (χ4v) is 5.91. The first-order valence-corrected chi connectivity index (χ1v) is 12.9. The first kappa shape index (κ1) is 24.0. The summed E-state index contributed by atoms with van der Waals surface area (Å²) in [5.74, 6) is 0. The van der Waals surface area contributed by atoms with Crippen LogP contribution in [0.5, 0.6) is 0 Å². The van der Waals surface area contributed by atoms with Gasteiger partial charge >= 0.3 is 6.09 Å². The van der Waals surface area contributed by atoms with E-state index in [1.807, 2.05) is 31.2 Å². The molecule has 0 radical (unpaired) electrons. The van der Waals surface area contributed by atoms with Gasteiger partial charge in [-0.3, -0.25) is 4.90 Å². The van der Waals surface area contributed by atoms with E-state index in [0.717, 1.165) is 24.8 Å². The van der Waals surface area contributed by atoms with Crippen molar-refractivity contribution in [3.8, 4) is 0 Å². The van der Waals surface area contributed by atoms with E-state index >= 15 is 0 Å². The number of halogens is 1. The van der Waals surface area contributed by atoms with Crippen LogP contribution in [0.4, 0.5) is 4.79 Å². The van der Waals surface area contributed by atoms with E-state index in [2.05, 4.69) is 11.5 Å². The van der Waals surface area contributed by atoms with Gasteiger partial charge in [0.25, 0.3) is 0 Å². The number of ether oxygens (including phenoxy) is 1. The minimum atomic E-state index is -3.28. The lowest BCUT2D eigenvalue weighted by molar-refractivity contribution is 0.0167. The number of amides is 1. The molecule has 1 aromatic carbocycles. The highest BCUT2D eigenvalue weighted by Gasteiger charge is 2.40. The number of benzene rings is 1. The summed E-state index contributed by atoms with van der Waals surface area (Å²) in [6, 6.07) is 8.01. The molecule has 3 rings (SSSR count). The van der Waals surface area contributed by atoms with Crippen molar-refractivity contribution in [2.45, 2.75) is 44.3 Å². The van der Waals surface area contributed by atoms with Crippen molar-refractivity contribution in [2.24, 2.45) is 0 Å². The Morgan fingerprint density at radius 2 is 1.87 bits per heavy atom. The van der Waals surface area contributed by atoms with Gasteiger partial charge in [-0.1, -0.05) is 36.4 Å². The fraction of sp³-hybridized carbons (Fsp3) is 0.591. The van der Waals surface area contributed by atoms with Gasteiger partial charge in [-0.05, 0) is 43.9 Å². The molecular weight excluding hydrogens is 438 g/mol. The molecule has 1 amide bonds. The van der Waals surface area contributed by atoms with Crippen molar-refractivity contribution in [1.29, 1.82) is 0 Å². The number of likely N-dealkylation sites (tertiary alicyclic amines) is 1.